The van der Waals surface area contributed by atoms with Crippen LogP contribution in [-0.2, 0) is 11.2 Å². The Morgan fingerprint density at radius 3 is 2.85 bits per heavy atom. The summed E-state index contributed by atoms with van der Waals surface area (Å²) in [6.07, 6.45) is 1.78. The summed E-state index contributed by atoms with van der Waals surface area (Å²) >= 11 is 0. The van der Waals surface area contributed by atoms with Gasteiger partial charge in [-0.2, -0.15) is 0 Å². The summed E-state index contributed by atoms with van der Waals surface area (Å²) in [5, 5.41) is 5.76. The van der Waals surface area contributed by atoms with Gasteiger partial charge in [0.2, 0.25) is 0 Å². The van der Waals surface area contributed by atoms with E-state index in [0.29, 0.717) is 18.1 Å². The normalized spacial score (nSPS) is 15.2. The van der Waals surface area contributed by atoms with Gasteiger partial charge in [0.05, 0.1) is 13.2 Å². The predicted molar refractivity (Wildman–Crippen MR) is 115 cm³/mol. The lowest BCUT2D eigenvalue weighted by Gasteiger charge is -2.26. The monoisotopic (exact) mass is 475 g/mol. The molecule has 0 spiro atoms. The van der Waals surface area contributed by atoms with Gasteiger partial charge in [-0.1, -0.05) is 12.1 Å². The van der Waals surface area contributed by atoms with E-state index in [-0.39, 0.29) is 29.9 Å². The number of nitrogens with one attached hydrogen (secondary N) is 2. The lowest BCUT2D eigenvalue weighted by molar-refractivity contribution is 0.0377. The van der Waals surface area contributed by atoms with Crippen LogP contribution in [0.2, 0.25) is 0 Å². The fraction of sp³-hybridized carbons (Fsp3) is 0.556. The number of carbonyl (C=O) groups is 1. The van der Waals surface area contributed by atoms with Crippen molar-refractivity contribution in [3.63, 3.8) is 0 Å². The first-order valence-electron chi connectivity index (χ1n) is 8.84. The Kier molecular flexibility index (Phi) is 11.2. The number of halogens is 1. The molecule has 0 aromatic heterocycles. The summed E-state index contributed by atoms with van der Waals surface area (Å²) < 4.78 is 5.33. The zero-order valence-corrected chi connectivity index (χ0v) is 17.7. The highest BCUT2D eigenvalue weighted by molar-refractivity contribution is 14.0. The van der Waals surface area contributed by atoms with Gasteiger partial charge in [0.25, 0.3) is 5.91 Å². The number of hydrogen-bond acceptors (Lipinski definition) is 4. The van der Waals surface area contributed by atoms with Crippen molar-refractivity contribution in [1.29, 1.82) is 0 Å². The minimum atomic E-state index is -0.0730. The van der Waals surface area contributed by atoms with Crippen LogP contribution < -0.4 is 16.4 Å². The number of aliphatic imine (C=N–C) groups is 1. The summed E-state index contributed by atoms with van der Waals surface area (Å²) in [4.78, 5) is 18.4. The molecule has 0 atom stereocenters. The second-order valence-electron chi connectivity index (χ2n) is 6.03. The molecule has 1 aromatic carbocycles. The highest BCUT2D eigenvalue weighted by Gasteiger charge is 2.08. The third-order valence-electron chi connectivity index (χ3n) is 4.15. The number of guanidine groups is 1. The first-order valence-corrected chi connectivity index (χ1v) is 8.84. The van der Waals surface area contributed by atoms with Crippen molar-refractivity contribution in [2.45, 2.75) is 12.8 Å². The van der Waals surface area contributed by atoms with Crippen LogP contribution in [-0.4, -0.2) is 69.8 Å². The number of amides is 1. The molecular weight excluding hydrogens is 445 g/mol. The van der Waals surface area contributed by atoms with Crippen LogP contribution in [0.5, 0.6) is 0 Å². The Labute approximate surface area is 172 Å². The summed E-state index contributed by atoms with van der Waals surface area (Å²) in [6, 6.07) is 7.60. The van der Waals surface area contributed by atoms with Gasteiger partial charge in [-0.3, -0.25) is 14.7 Å². The van der Waals surface area contributed by atoms with Crippen molar-refractivity contribution in [2.75, 3.05) is 53.0 Å². The van der Waals surface area contributed by atoms with Gasteiger partial charge in [-0.05, 0) is 30.5 Å². The topological polar surface area (TPSA) is 92.0 Å². The zero-order chi connectivity index (χ0) is 17.9. The Morgan fingerprint density at radius 1 is 1.35 bits per heavy atom. The van der Waals surface area contributed by atoms with E-state index in [1.165, 1.54) is 0 Å². The van der Waals surface area contributed by atoms with E-state index in [2.05, 4.69) is 20.5 Å². The molecule has 146 valence electrons. The van der Waals surface area contributed by atoms with Gasteiger partial charge in [-0.15, -0.1) is 24.0 Å². The summed E-state index contributed by atoms with van der Waals surface area (Å²) in [7, 11) is 1.63. The van der Waals surface area contributed by atoms with Gasteiger partial charge >= 0.3 is 0 Å². The summed E-state index contributed by atoms with van der Waals surface area (Å²) in [5.74, 6) is 0.403. The number of hydrogen-bond donors (Lipinski definition) is 3. The molecule has 1 fully saturated rings. The number of carbonyl (C=O) groups excluding carboxylic acids is 1. The fourth-order valence-corrected chi connectivity index (χ4v) is 2.72. The molecule has 1 aromatic rings. The largest absolute Gasteiger partial charge is 0.379 e. The lowest BCUT2D eigenvalue weighted by Crippen LogP contribution is -2.37. The Morgan fingerprint density at radius 2 is 2.12 bits per heavy atom. The SMILES string of the molecule is CNC(=O)c1cccc(CCNC(N)=NCCCN2CCOCC2)c1.I. The molecule has 1 aliphatic heterocycles. The zero-order valence-electron chi connectivity index (χ0n) is 15.4. The number of rotatable bonds is 8. The van der Waals surface area contributed by atoms with Gasteiger partial charge in [0.1, 0.15) is 0 Å². The predicted octanol–water partition coefficient (Wildman–Crippen LogP) is 0.833. The Bertz CT molecular complexity index is 576. The average molecular weight is 475 g/mol. The van der Waals surface area contributed by atoms with E-state index in [4.69, 9.17) is 10.5 Å². The number of ether oxygens (including phenoxy) is 1. The summed E-state index contributed by atoms with van der Waals surface area (Å²) in [6.45, 7) is 6.12. The number of nitrogens with two attached hydrogens (primary N) is 1. The van der Waals surface area contributed by atoms with Crippen LogP contribution in [0.1, 0.15) is 22.3 Å². The van der Waals surface area contributed by atoms with Gasteiger partial charge in [0.15, 0.2) is 5.96 Å². The van der Waals surface area contributed by atoms with Crippen molar-refractivity contribution >= 4 is 35.8 Å². The molecule has 26 heavy (non-hydrogen) atoms. The van der Waals surface area contributed by atoms with Crippen molar-refractivity contribution in [2.24, 2.45) is 10.7 Å². The molecule has 8 heteroatoms. The standard InChI is InChI=1S/C18H29N5O2.HI/c1-20-17(24)16-5-2-4-15(14-16)6-8-22-18(19)21-7-3-9-23-10-12-25-13-11-23;/h2,4-5,14H,3,6-13H2,1H3,(H,20,24)(H3,19,21,22);1H. The smallest absolute Gasteiger partial charge is 0.251 e. The number of morpholine rings is 1. The van der Waals surface area contributed by atoms with Crippen molar-refractivity contribution in [3.05, 3.63) is 35.4 Å². The molecule has 1 saturated heterocycles. The molecule has 7 nitrogen and oxygen atoms in total. The molecule has 1 aliphatic rings. The maximum absolute atomic E-state index is 11.6. The maximum atomic E-state index is 11.6. The van der Waals surface area contributed by atoms with Crippen LogP contribution >= 0.6 is 24.0 Å². The second kappa shape index (κ2) is 12.9. The van der Waals surface area contributed by atoms with Gasteiger partial charge < -0.3 is 21.1 Å². The third kappa shape index (κ3) is 8.33. The highest BCUT2D eigenvalue weighted by Crippen LogP contribution is 2.05. The highest BCUT2D eigenvalue weighted by atomic mass is 127. The fourth-order valence-electron chi connectivity index (χ4n) is 2.72. The average Bonchev–Trinajstić information content (AvgIpc) is 2.65. The van der Waals surface area contributed by atoms with E-state index in [1.54, 1.807) is 13.1 Å². The Balaban J connectivity index is 0.00000338. The molecule has 4 N–H and O–H groups in total. The quantitative estimate of drug-likeness (QED) is 0.224. The Hall–Kier alpha value is -1.39. The third-order valence-corrected chi connectivity index (χ3v) is 4.15. The van der Waals surface area contributed by atoms with Crippen LogP contribution in [0.3, 0.4) is 0 Å². The van der Waals surface area contributed by atoms with Crippen LogP contribution in [0.4, 0.5) is 0 Å². The molecule has 0 radical (unpaired) electrons. The van der Waals surface area contributed by atoms with Crippen molar-refractivity contribution in [3.8, 4) is 0 Å². The van der Waals surface area contributed by atoms with Crippen molar-refractivity contribution < 1.29 is 9.53 Å². The molecule has 1 heterocycles. The van der Waals surface area contributed by atoms with Crippen molar-refractivity contribution in [1.82, 2.24) is 15.5 Å². The molecule has 0 aliphatic carbocycles. The molecule has 1 amide bonds. The van der Waals surface area contributed by atoms with E-state index in [1.807, 2.05) is 18.2 Å². The number of benzene rings is 1. The van der Waals surface area contributed by atoms with Gasteiger partial charge in [-0.25, -0.2) is 0 Å². The first-order chi connectivity index (χ1) is 12.2. The molecule has 0 saturated carbocycles. The molecule has 0 bridgehead atoms. The van der Waals surface area contributed by atoms with Crippen LogP contribution in [0.25, 0.3) is 0 Å². The van der Waals surface area contributed by atoms with Gasteiger partial charge in [0, 0.05) is 45.3 Å². The van der Waals surface area contributed by atoms with Crippen LogP contribution in [0.15, 0.2) is 29.3 Å². The lowest BCUT2D eigenvalue weighted by atomic mass is 10.1. The number of nitrogens with zero attached hydrogens (tertiary/aromatic N) is 2. The minimum absolute atomic E-state index is 0. The van der Waals surface area contributed by atoms with E-state index < -0.39 is 0 Å². The van der Waals surface area contributed by atoms with E-state index in [0.717, 1.165) is 57.8 Å². The maximum Gasteiger partial charge on any atom is 0.251 e. The van der Waals surface area contributed by atoms with Crippen LogP contribution in [0, 0.1) is 0 Å². The first kappa shape index (κ1) is 22.7. The molecule has 0 unspecified atom stereocenters. The minimum Gasteiger partial charge on any atom is -0.379 e. The summed E-state index contributed by atoms with van der Waals surface area (Å²) in [5.41, 5.74) is 7.66. The molecule has 2 rings (SSSR count). The second-order valence-corrected chi connectivity index (χ2v) is 6.03. The van der Waals surface area contributed by atoms with E-state index >= 15 is 0 Å². The molecular formula is C18H30IN5O2. The van der Waals surface area contributed by atoms with E-state index in [9.17, 15) is 4.79 Å².